The summed E-state index contributed by atoms with van der Waals surface area (Å²) in [5, 5.41) is 2.93. The third kappa shape index (κ3) is 4.92. The fourth-order valence-electron chi connectivity index (χ4n) is 3.52. The lowest BCUT2D eigenvalue weighted by Gasteiger charge is -2.17. The summed E-state index contributed by atoms with van der Waals surface area (Å²) in [4.78, 5) is 20.9. The molecule has 0 radical (unpaired) electrons. The Balaban J connectivity index is 1.56. The fourth-order valence-corrected chi connectivity index (χ4v) is 3.52. The first-order chi connectivity index (χ1) is 16.1. The van der Waals surface area contributed by atoms with Crippen molar-refractivity contribution in [2.24, 2.45) is 0 Å². The van der Waals surface area contributed by atoms with Crippen molar-refractivity contribution in [3.8, 4) is 28.6 Å². The maximum atomic E-state index is 13.0. The van der Waals surface area contributed by atoms with Crippen LogP contribution >= 0.6 is 0 Å². The highest BCUT2D eigenvalue weighted by molar-refractivity contribution is 6.05. The standard InChI is InChI=1S/C26H27N3O4/c1-4-31-22-15-18(16-23(32-5-2)24(22)33-6-3)26(30)27-19-13-11-17(12-14-19)25-28-20-9-7-8-10-21(20)29-25/h7-16H,4-6H2,1-3H3,(H,27,30)(H,28,29). The third-order valence-electron chi connectivity index (χ3n) is 4.98. The van der Waals surface area contributed by atoms with Crippen LogP contribution in [0.3, 0.4) is 0 Å². The summed E-state index contributed by atoms with van der Waals surface area (Å²) >= 11 is 0. The average Bonchev–Trinajstić information content (AvgIpc) is 3.26. The Morgan fingerprint density at radius 1 is 0.879 bits per heavy atom. The number of aromatic nitrogens is 2. The highest BCUT2D eigenvalue weighted by atomic mass is 16.5. The number of carbonyl (C=O) groups excluding carboxylic acids is 1. The Hall–Kier alpha value is -4.00. The minimum atomic E-state index is -0.267. The molecule has 170 valence electrons. The fraction of sp³-hybridized carbons (Fsp3) is 0.231. The molecule has 0 fully saturated rings. The van der Waals surface area contributed by atoms with Gasteiger partial charge >= 0.3 is 0 Å². The van der Waals surface area contributed by atoms with E-state index in [2.05, 4.69) is 15.3 Å². The molecule has 3 aromatic carbocycles. The number of nitrogens with one attached hydrogen (secondary N) is 2. The highest BCUT2D eigenvalue weighted by Gasteiger charge is 2.18. The van der Waals surface area contributed by atoms with Crippen molar-refractivity contribution < 1.29 is 19.0 Å². The van der Waals surface area contributed by atoms with Gasteiger partial charge in [0, 0.05) is 16.8 Å². The average molecular weight is 446 g/mol. The zero-order valence-corrected chi connectivity index (χ0v) is 19.0. The SMILES string of the molecule is CCOc1cc(C(=O)Nc2ccc(-c3nc4ccccc4[nH]3)cc2)cc(OCC)c1OCC. The summed E-state index contributed by atoms with van der Waals surface area (Å²) in [7, 11) is 0. The van der Waals surface area contributed by atoms with Crippen LogP contribution in [0.2, 0.25) is 0 Å². The molecule has 2 N–H and O–H groups in total. The van der Waals surface area contributed by atoms with E-state index >= 15 is 0 Å². The first kappa shape index (κ1) is 22.2. The molecule has 0 aliphatic carbocycles. The lowest BCUT2D eigenvalue weighted by Crippen LogP contribution is -2.13. The predicted molar refractivity (Wildman–Crippen MR) is 129 cm³/mol. The number of fused-ring (bicyclic) bond motifs is 1. The van der Waals surface area contributed by atoms with Crippen molar-refractivity contribution in [3.05, 3.63) is 66.2 Å². The number of hydrogen-bond donors (Lipinski definition) is 2. The van der Waals surface area contributed by atoms with E-state index in [-0.39, 0.29) is 5.91 Å². The van der Waals surface area contributed by atoms with Crippen LogP contribution in [0.4, 0.5) is 5.69 Å². The molecule has 1 amide bonds. The van der Waals surface area contributed by atoms with Crippen LogP contribution in [-0.2, 0) is 0 Å². The van der Waals surface area contributed by atoms with E-state index in [1.807, 2.05) is 69.3 Å². The van der Waals surface area contributed by atoms with E-state index < -0.39 is 0 Å². The minimum Gasteiger partial charge on any atom is -0.490 e. The summed E-state index contributed by atoms with van der Waals surface area (Å²) in [6.45, 7) is 7.00. The van der Waals surface area contributed by atoms with Crippen molar-refractivity contribution >= 4 is 22.6 Å². The molecule has 4 rings (SSSR count). The number of para-hydroxylation sites is 2. The number of carbonyl (C=O) groups is 1. The van der Waals surface area contributed by atoms with E-state index in [4.69, 9.17) is 14.2 Å². The number of rotatable bonds is 9. The predicted octanol–water partition coefficient (Wildman–Crippen LogP) is 5.68. The van der Waals surface area contributed by atoms with Gasteiger partial charge in [0.15, 0.2) is 11.5 Å². The van der Waals surface area contributed by atoms with Crippen LogP contribution in [0.1, 0.15) is 31.1 Å². The second-order valence-corrected chi connectivity index (χ2v) is 7.23. The quantitative estimate of drug-likeness (QED) is 0.346. The van der Waals surface area contributed by atoms with Crippen LogP contribution in [-0.4, -0.2) is 35.7 Å². The van der Waals surface area contributed by atoms with E-state index in [9.17, 15) is 4.79 Å². The Kier molecular flexibility index (Phi) is 6.78. The summed E-state index contributed by atoms with van der Waals surface area (Å²) < 4.78 is 17.1. The number of H-pyrrole nitrogens is 1. The number of hydrogen-bond acceptors (Lipinski definition) is 5. The number of amides is 1. The zero-order chi connectivity index (χ0) is 23.2. The molecule has 4 aromatic rings. The summed E-state index contributed by atoms with van der Waals surface area (Å²) in [5.74, 6) is 1.99. The van der Waals surface area contributed by atoms with Gasteiger partial charge in [-0.15, -0.1) is 0 Å². The first-order valence-electron chi connectivity index (χ1n) is 11.1. The first-order valence-corrected chi connectivity index (χ1v) is 11.1. The van der Waals surface area contributed by atoms with Crippen molar-refractivity contribution in [2.45, 2.75) is 20.8 Å². The van der Waals surface area contributed by atoms with Crippen molar-refractivity contribution in [1.29, 1.82) is 0 Å². The van der Waals surface area contributed by atoms with Crippen LogP contribution in [0.15, 0.2) is 60.7 Å². The molecule has 7 heteroatoms. The van der Waals surface area contributed by atoms with E-state index in [0.717, 1.165) is 22.4 Å². The molecule has 0 bridgehead atoms. The maximum Gasteiger partial charge on any atom is 0.255 e. The van der Waals surface area contributed by atoms with Crippen LogP contribution in [0, 0.1) is 0 Å². The van der Waals surface area contributed by atoms with E-state index in [0.29, 0.717) is 48.3 Å². The zero-order valence-electron chi connectivity index (χ0n) is 19.0. The molecule has 1 aromatic heterocycles. The molecule has 0 spiro atoms. The van der Waals surface area contributed by atoms with Crippen molar-refractivity contribution in [2.75, 3.05) is 25.1 Å². The molecule has 0 aliphatic rings. The summed E-state index contributed by atoms with van der Waals surface area (Å²) in [6.07, 6.45) is 0. The minimum absolute atomic E-state index is 0.267. The second kappa shape index (κ2) is 10.1. The van der Waals surface area contributed by atoms with Gasteiger partial charge < -0.3 is 24.5 Å². The van der Waals surface area contributed by atoms with E-state index in [1.54, 1.807) is 12.1 Å². The van der Waals surface area contributed by atoms with Gasteiger partial charge in [-0.25, -0.2) is 4.98 Å². The van der Waals surface area contributed by atoms with Gasteiger partial charge in [0.2, 0.25) is 5.75 Å². The molecular formula is C26H27N3O4. The Bertz CT molecular complexity index is 1190. The normalized spacial score (nSPS) is 10.8. The van der Waals surface area contributed by atoms with Crippen LogP contribution in [0.5, 0.6) is 17.2 Å². The molecule has 1 heterocycles. The van der Waals surface area contributed by atoms with Gasteiger partial charge in [-0.2, -0.15) is 0 Å². The van der Waals surface area contributed by atoms with Gasteiger partial charge in [-0.1, -0.05) is 12.1 Å². The van der Waals surface area contributed by atoms with Crippen molar-refractivity contribution in [1.82, 2.24) is 9.97 Å². The van der Waals surface area contributed by atoms with Gasteiger partial charge in [-0.3, -0.25) is 4.79 Å². The van der Waals surface area contributed by atoms with Gasteiger partial charge in [0.05, 0.1) is 30.9 Å². The topological polar surface area (TPSA) is 85.5 Å². The van der Waals surface area contributed by atoms with Crippen molar-refractivity contribution in [3.63, 3.8) is 0 Å². The third-order valence-corrected chi connectivity index (χ3v) is 4.98. The van der Waals surface area contributed by atoms with Crippen LogP contribution in [0.25, 0.3) is 22.4 Å². The second-order valence-electron chi connectivity index (χ2n) is 7.23. The molecule has 0 saturated carbocycles. The van der Waals surface area contributed by atoms with E-state index in [1.165, 1.54) is 0 Å². The Morgan fingerprint density at radius 2 is 1.52 bits per heavy atom. The Labute approximate surface area is 192 Å². The van der Waals surface area contributed by atoms with Gasteiger partial charge in [0.1, 0.15) is 5.82 Å². The summed E-state index contributed by atoms with van der Waals surface area (Å²) in [6, 6.07) is 18.8. The number of aromatic amines is 1. The molecule has 0 unspecified atom stereocenters. The number of anilines is 1. The smallest absolute Gasteiger partial charge is 0.255 e. The largest absolute Gasteiger partial charge is 0.490 e. The lowest BCUT2D eigenvalue weighted by molar-refractivity contribution is 0.102. The molecular weight excluding hydrogens is 418 g/mol. The number of imidazole rings is 1. The van der Waals surface area contributed by atoms with Gasteiger partial charge in [0.25, 0.3) is 5.91 Å². The monoisotopic (exact) mass is 445 g/mol. The van der Waals surface area contributed by atoms with Gasteiger partial charge in [-0.05, 0) is 69.3 Å². The summed E-state index contributed by atoms with van der Waals surface area (Å²) in [5.41, 5.74) is 3.92. The number of ether oxygens (including phenoxy) is 3. The molecule has 33 heavy (non-hydrogen) atoms. The number of benzene rings is 3. The maximum absolute atomic E-state index is 13.0. The molecule has 0 atom stereocenters. The lowest BCUT2D eigenvalue weighted by atomic mass is 10.1. The Morgan fingerprint density at radius 3 is 2.12 bits per heavy atom. The molecule has 0 saturated heterocycles. The van der Waals surface area contributed by atoms with Crippen LogP contribution < -0.4 is 19.5 Å². The molecule has 7 nitrogen and oxygen atoms in total. The highest BCUT2D eigenvalue weighted by Crippen LogP contribution is 2.39. The number of nitrogens with zero attached hydrogens (tertiary/aromatic N) is 1. The molecule has 0 aliphatic heterocycles.